The van der Waals surface area contributed by atoms with Gasteiger partial charge in [-0.15, -0.1) is 0 Å². The lowest BCUT2D eigenvalue weighted by atomic mass is 9.74. The quantitative estimate of drug-likeness (QED) is 0.689. The molecule has 2 saturated heterocycles. The summed E-state index contributed by atoms with van der Waals surface area (Å²) in [4.78, 5) is 26.2. The average Bonchev–Trinajstić information content (AvgIpc) is 3.24. The van der Waals surface area contributed by atoms with Crippen LogP contribution >= 0.6 is 0 Å². The number of aromatic hydroxyl groups is 1. The number of piperidine rings is 1. The number of carbonyl (C=O) groups excluding carboxylic acids is 1. The number of methoxy groups -OCH3 is 1. The van der Waals surface area contributed by atoms with E-state index in [0.717, 1.165) is 75.9 Å². The van der Waals surface area contributed by atoms with E-state index in [-0.39, 0.29) is 29.2 Å². The summed E-state index contributed by atoms with van der Waals surface area (Å²) in [7, 11) is 1.56. The monoisotopic (exact) mass is 457 g/mol. The lowest BCUT2D eigenvalue weighted by Gasteiger charge is -2.36. The molecule has 2 saturated carbocycles. The smallest absolute Gasteiger partial charge is 0.339 e. The van der Waals surface area contributed by atoms with Gasteiger partial charge in [-0.2, -0.15) is 0 Å². The summed E-state index contributed by atoms with van der Waals surface area (Å²) in [5, 5.41) is 19.4. The maximum Gasteiger partial charge on any atom is 0.339 e. The number of rotatable bonds is 5. The molecule has 0 bridgehead atoms. The number of carboxylic acid groups (broad SMARTS) is 1. The van der Waals surface area contributed by atoms with Crippen molar-refractivity contribution in [3.63, 3.8) is 0 Å². The van der Waals surface area contributed by atoms with E-state index in [4.69, 9.17) is 9.47 Å². The maximum absolute atomic E-state index is 12.7. The second-order valence-electron chi connectivity index (χ2n) is 10.5. The van der Waals surface area contributed by atoms with Gasteiger partial charge in [-0.1, -0.05) is 0 Å². The molecular weight excluding hydrogens is 422 g/mol. The zero-order valence-corrected chi connectivity index (χ0v) is 19.4. The molecule has 1 aromatic carbocycles. The van der Waals surface area contributed by atoms with Gasteiger partial charge in [-0.3, -0.25) is 4.79 Å². The number of hydrogen-bond acceptors (Lipinski definition) is 5. The van der Waals surface area contributed by atoms with Crippen LogP contribution in [0.25, 0.3) is 0 Å². The second-order valence-corrected chi connectivity index (χ2v) is 10.5. The van der Waals surface area contributed by atoms with E-state index in [1.807, 2.05) is 4.90 Å². The Kier molecular flexibility index (Phi) is 6.02. The van der Waals surface area contributed by atoms with Crippen LogP contribution in [0.15, 0.2) is 12.1 Å². The van der Waals surface area contributed by atoms with E-state index in [9.17, 15) is 19.8 Å². The molecule has 4 fully saturated rings. The first kappa shape index (κ1) is 22.5. The van der Waals surface area contributed by atoms with Crippen molar-refractivity contribution in [1.29, 1.82) is 0 Å². The van der Waals surface area contributed by atoms with Crippen molar-refractivity contribution in [2.75, 3.05) is 26.8 Å². The molecule has 7 nitrogen and oxygen atoms in total. The summed E-state index contributed by atoms with van der Waals surface area (Å²) < 4.78 is 11.1. The van der Waals surface area contributed by atoms with E-state index >= 15 is 0 Å². The van der Waals surface area contributed by atoms with Crippen LogP contribution in [0.5, 0.6) is 11.5 Å². The van der Waals surface area contributed by atoms with E-state index in [1.54, 1.807) is 13.2 Å². The van der Waals surface area contributed by atoms with Crippen molar-refractivity contribution < 1.29 is 29.3 Å². The van der Waals surface area contributed by atoms with Gasteiger partial charge in [0, 0.05) is 25.8 Å². The molecule has 4 aliphatic rings. The number of benzene rings is 1. The number of phenols is 1. The van der Waals surface area contributed by atoms with Crippen LogP contribution in [0.1, 0.15) is 79.6 Å². The summed E-state index contributed by atoms with van der Waals surface area (Å²) in [6, 6.07) is 3.04. The first-order valence-corrected chi connectivity index (χ1v) is 12.5. The Hall–Kier alpha value is -2.28. The van der Waals surface area contributed by atoms with Gasteiger partial charge in [0.15, 0.2) is 0 Å². The van der Waals surface area contributed by atoms with Crippen molar-refractivity contribution in [2.24, 2.45) is 17.3 Å². The van der Waals surface area contributed by atoms with E-state index < -0.39 is 5.97 Å². The number of amides is 1. The molecule has 0 aromatic heterocycles. The van der Waals surface area contributed by atoms with Crippen molar-refractivity contribution in [1.82, 2.24) is 4.90 Å². The number of ether oxygens (including phenoxy) is 2. The normalized spacial score (nSPS) is 30.9. The van der Waals surface area contributed by atoms with Crippen LogP contribution in [0.3, 0.4) is 0 Å². The molecule has 2 aliphatic heterocycles. The molecule has 0 radical (unpaired) electrons. The fourth-order valence-corrected chi connectivity index (χ4v) is 6.85. The topological polar surface area (TPSA) is 96.3 Å². The van der Waals surface area contributed by atoms with E-state index in [1.165, 1.54) is 12.5 Å². The van der Waals surface area contributed by atoms with Crippen molar-refractivity contribution in [3.8, 4) is 11.5 Å². The van der Waals surface area contributed by atoms with Gasteiger partial charge in [-0.25, -0.2) is 4.79 Å². The van der Waals surface area contributed by atoms with Crippen LogP contribution in [-0.4, -0.2) is 59.9 Å². The Morgan fingerprint density at radius 1 is 1.12 bits per heavy atom. The zero-order valence-electron chi connectivity index (χ0n) is 19.4. The Balaban J connectivity index is 1.17. The van der Waals surface area contributed by atoms with Crippen LogP contribution in [0.4, 0.5) is 0 Å². The van der Waals surface area contributed by atoms with Crippen molar-refractivity contribution in [2.45, 2.75) is 69.8 Å². The van der Waals surface area contributed by atoms with Gasteiger partial charge in [-0.05, 0) is 92.6 Å². The first-order valence-electron chi connectivity index (χ1n) is 12.5. The summed E-state index contributed by atoms with van der Waals surface area (Å²) in [5.74, 6) is 1.14. The Bertz CT molecular complexity index is 908. The van der Waals surface area contributed by atoms with E-state index in [0.29, 0.717) is 23.7 Å². The zero-order chi connectivity index (χ0) is 23.2. The summed E-state index contributed by atoms with van der Waals surface area (Å²) >= 11 is 0. The molecule has 2 atom stereocenters. The Morgan fingerprint density at radius 3 is 2.45 bits per heavy atom. The number of carboxylic acids is 1. The van der Waals surface area contributed by atoms with Gasteiger partial charge in [0.05, 0.1) is 7.11 Å². The fraction of sp³-hybridized carbons (Fsp3) is 0.692. The molecule has 2 N–H and O–H groups in total. The minimum Gasteiger partial charge on any atom is -0.507 e. The second kappa shape index (κ2) is 8.82. The molecule has 2 heterocycles. The molecule has 5 rings (SSSR count). The average molecular weight is 458 g/mol. The predicted octanol–water partition coefficient (Wildman–Crippen LogP) is 4.18. The van der Waals surface area contributed by atoms with Crippen LogP contribution in [0, 0.1) is 17.3 Å². The van der Waals surface area contributed by atoms with Crippen LogP contribution in [-0.2, 0) is 9.53 Å². The maximum atomic E-state index is 12.7. The molecule has 1 spiro atoms. The highest BCUT2D eigenvalue weighted by Gasteiger charge is 2.58. The lowest BCUT2D eigenvalue weighted by molar-refractivity contribution is -0.142. The molecule has 1 amide bonds. The van der Waals surface area contributed by atoms with Crippen molar-refractivity contribution in [3.05, 3.63) is 23.3 Å². The number of likely N-dealkylation sites (tertiary alicyclic amines) is 1. The third kappa shape index (κ3) is 4.20. The number of nitrogens with zero attached hydrogens (tertiary/aromatic N) is 1. The highest BCUT2D eigenvalue weighted by molar-refractivity contribution is 5.91. The number of carbonyl (C=O) groups is 2. The highest BCUT2D eigenvalue weighted by Crippen LogP contribution is 2.65. The Morgan fingerprint density at radius 2 is 1.85 bits per heavy atom. The SMILES string of the molecule is COc1cc(O)c(C(=O)O)cc1C1CCC([C@@H]2CC23CCN(C(=O)[C@H]2CCCO2)CC3)CC1. The molecule has 180 valence electrons. The molecule has 1 aromatic rings. The molecule has 7 heteroatoms. The third-order valence-electron chi connectivity index (χ3n) is 8.89. The van der Waals surface area contributed by atoms with Crippen LogP contribution in [0.2, 0.25) is 0 Å². The van der Waals surface area contributed by atoms with Gasteiger partial charge in [0.1, 0.15) is 23.2 Å². The summed E-state index contributed by atoms with van der Waals surface area (Å²) in [6.07, 6.45) is 9.48. The predicted molar refractivity (Wildman–Crippen MR) is 122 cm³/mol. The molecule has 2 aliphatic carbocycles. The van der Waals surface area contributed by atoms with Gasteiger partial charge in [0.25, 0.3) is 5.91 Å². The minimum absolute atomic E-state index is 0.0571. The molecule has 33 heavy (non-hydrogen) atoms. The van der Waals surface area contributed by atoms with Gasteiger partial charge < -0.3 is 24.6 Å². The molecule has 0 unspecified atom stereocenters. The standard InChI is InChI=1S/C26H35NO6/c1-32-23-14-21(28)19(25(30)31)13-18(23)16-4-6-17(7-5-16)20-15-26(20)8-10-27(11-9-26)24(29)22-3-2-12-33-22/h13-14,16-17,20,22,28H,2-12,15H2,1H3,(H,30,31)/t16?,17?,20-,22+/m0/s1. The summed E-state index contributed by atoms with van der Waals surface area (Å²) in [6.45, 7) is 2.45. The fourth-order valence-electron chi connectivity index (χ4n) is 6.85. The van der Waals surface area contributed by atoms with Crippen LogP contribution < -0.4 is 4.74 Å². The largest absolute Gasteiger partial charge is 0.507 e. The van der Waals surface area contributed by atoms with E-state index in [2.05, 4.69) is 0 Å². The first-order chi connectivity index (χ1) is 15.9. The number of aromatic carboxylic acids is 1. The lowest BCUT2D eigenvalue weighted by Crippen LogP contribution is -2.44. The van der Waals surface area contributed by atoms with Crippen molar-refractivity contribution >= 4 is 11.9 Å². The highest BCUT2D eigenvalue weighted by atomic mass is 16.5. The van der Waals surface area contributed by atoms with Gasteiger partial charge >= 0.3 is 5.97 Å². The Labute approximate surface area is 195 Å². The molecular formula is C26H35NO6. The third-order valence-corrected chi connectivity index (χ3v) is 8.89. The minimum atomic E-state index is -1.12. The summed E-state index contributed by atoms with van der Waals surface area (Å²) in [5.41, 5.74) is 1.27. The van der Waals surface area contributed by atoms with Gasteiger partial charge in [0.2, 0.25) is 0 Å². The number of hydrogen-bond donors (Lipinski definition) is 2.